The van der Waals surface area contributed by atoms with Gasteiger partial charge in [0.2, 0.25) is 0 Å². The van der Waals surface area contributed by atoms with Gasteiger partial charge in [0.15, 0.2) is 5.69 Å². The summed E-state index contributed by atoms with van der Waals surface area (Å²) < 4.78 is 0. The summed E-state index contributed by atoms with van der Waals surface area (Å²) in [5.41, 5.74) is 2.36. The lowest BCUT2D eigenvalue weighted by Crippen LogP contribution is -2.28. The predicted octanol–water partition coefficient (Wildman–Crippen LogP) is 4.26. The summed E-state index contributed by atoms with van der Waals surface area (Å²) in [5, 5.41) is 11.4. The van der Waals surface area contributed by atoms with Crippen LogP contribution in [0.3, 0.4) is 0 Å². The van der Waals surface area contributed by atoms with Crippen LogP contribution in [0.5, 0.6) is 0 Å². The second-order valence-corrected chi connectivity index (χ2v) is 9.96. The van der Waals surface area contributed by atoms with Crippen LogP contribution in [0.1, 0.15) is 59.5 Å². The molecule has 3 heterocycles. The summed E-state index contributed by atoms with van der Waals surface area (Å²) in [6, 6.07) is 1.37. The smallest absolute Gasteiger partial charge is 0.320 e. The van der Waals surface area contributed by atoms with E-state index in [9.17, 15) is 14.4 Å². The fraction of sp³-hybridized carbons (Fsp3) is 0.417. The molecule has 12 heteroatoms. The predicted molar refractivity (Wildman–Crippen MR) is 144 cm³/mol. The van der Waals surface area contributed by atoms with Gasteiger partial charge in [-0.25, -0.2) is 19.7 Å². The Morgan fingerprint density at radius 3 is 2.44 bits per heavy atom. The zero-order valence-corrected chi connectivity index (χ0v) is 22.7. The molecule has 3 aromatic rings. The van der Waals surface area contributed by atoms with Gasteiger partial charge in [-0.05, 0) is 25.8 Å². The second kappa shape index (κ2) is 12.5. The van der Waals surface area contributed by atoms with E-state index in [0.29, 0.717) is 35.0 Å². The number of anilines is 1. The van der Waals surface area contributed by atoms with Crippen LogP contribution in [0.25, 0.3) is 21.1 Å². The number of pyridine rings is 1. The molecular weight excluding hydrogens is 498 g/mol. The number of carbonyl (C=O) groups is 3. The monoisotopic (exact) mass is 529 g/mol. The van der Waals surface area contributed by atoms with Crippen molar-refractivity contribution in [2.45, 2.75) is 40.0 Å². The van der Waals surface area contributed by atoms with E-state index in [-0.39, 0.29) is 28.4 Å². The summed E-state index contributed by atoms with van der Waals surface area (Å²) in [6.07, 6.45) is 4.14. The van der Waals surface area contributed by atoms with Gasteiger partial charge in [-0.1, -0.05) is 20.3 Å². The average Bonchev–Trinajstić information content (AvgIpc) is 3.51. The number of amides is 4. The topological polar surface area (TPSA) is 129 Å². The van der Waals surface area contributed by atoms with Crippen molar-refractivity contribution < 1.29 is 14.4 Å². The zero-order chi connectivity index (χ0) is 26.2. The maximum Gasteiger partial charge on any atom is 0.320 e. The maximum atomic E-state index is 12.9. The molecule has 0 aliphatic rings. The van der Waals surface area contributed by atoms with Crippen molar-refractivity contribution in [1.82, 2.24) is 30.5 Å². The number of aryl methyl sites for hydroxylation is 1. The van der Waals surface area contributed by atoms with Crippen molar-refractivity contribution in [3.63, 3.8) is 0 Å². The van der Waals surface area contributed by atoms with Gasteiger partial charge in [-0.2, -0.15) is 0 Å². The largest absolute Gasteiger partial charge is 0.351 e. The van der Waals surface area contributed by atoms with E-state index in [1.54, 1.807) is 26.4 Å². The Hall–Kier alpha value is -3.38. The van der Waals surface area contributed by atoms with Crippen molar-refractivity contribution in [3.05, 3.63) is 33.9 Å². The molecule has 0 saturated carbocycles. The molecular formula is C24H31N7O3S2. The highest BCUT2D eigenvalue weighted by Crippen LogP contribution is 2.38. The van der Waals surface area contributed by atoms with Crippen LogP contribution < -0.4 is 16.0 Å². The van der Waals surface area contributed by atoms with Gasteiger partial charge in [-0.3, -0.25) is 14.9 Å². The minimum atomic E-state index is -0.386. The molecule has 0 aromatic carbocycles. The quantitative estimate of drug-likeness (QED) is 0.337. The molecule has 192 valence electrons. The van der Waals surface area contributed by atoms with Gasteiger partial charge in [0.1, 0.15) is 20.7 Å². The molecule has 0 spiro atoms. The molecule has 0 aliphatic carbocycles. The molecule has 0 fully saturated rings. The van der Waals surface area contributed by atoms with Crippen molar-refractivity contribution in [2.24, 2.45) is 0 Å². The van der Waals surface area contributed by atoms with E-state index < -0.39 is 0 Å². The summed E-state index contributed by atoms with van der Waals surface area (Å²) >= 11 is 2.61. The average molecular weight is 530 g/mol. The van der Waals surface area contributed by atoms with Crippen LogP contribution in [0.15, 0.2) is 17.6 Å². The van der Waals surface area contributed by atoms with Crippen LogP contribution in [0.2, 0.25) is 0 Å². The summed E-state index contributed by atoms with van der Waals surface area (Å²) in [5.74, 6) is -0.333. The first-order valence-electron chi connectivity index (χ1n) is 11.8. The molecule has 3 N–H and O–H groups in total. The van der Waals surface area contributed by atoms with Crippen LogP contribution in [0.4, 0.5) is 10.6 Å². The van der Waals surface area contributed by atoms with Crippen LogP contribution in [0, 0.1) is 0 Å². The van der Waals surface area contributed by atoms with E-state index in [1.807, 2.05) is 26.2 Å². The second-order valence-electron chi connectivity index (χ2n) is 8.10. The number of hydrogen-bond donors (Lipinski definition) is 3. The van der Waals surface area contributed by atoms with E-state index in [2.05, 4.69) is 25.9 Å². The Labute approximate surface area is 218 Å². The van der Waals surface area contributed by atoms with Crippen molar-refractivity contribution in [3.8, 4) is 21.1 Å². The van der Waals surface area contributed by atoms with E-state index >= 15 is 0 Å². The molecule has 0 aliphatic heterocycles. The first-order chi connectivity index (χ1) is 17.3. The van der Waals surface area contributed by atoms with Crippen LogP contribution in [-0.2, 0) is 6.42 Å². The highest BCUT2D eigenvalue weighted by atomic mass is 32.1. The van der Waals surface area contributed by atoms with Crippen molar-refractivity contribution in [2.75, 3.05) is 32.5 Å². The van der Waals surface area contributed by atoms with Gasteiger partial charge < -0.3 is 15.5 Å². The van der Waals surface area contributed by atoms with Gasteiger partial charge in [0, 0.05) is 49.9 Å². The lowest BCUT2D eigenvalue weighted by molar-refractivity contribution is 0.0822. The first kappa shape index (κ1) is 27.2. The summed E-state index contributed by atoms with van der Waals surface area (Å²) in [7, 11) is 3.27. The fourth-order valence-electron chi connectivity index (χ4n) is 3.18. The maximum absolute atomic E-state index is 12.9. The van der Waals surface area contributed by atoms with Crippen molar-refractivity contribution >= 4 is 46.3 Å². The first-order valence-corrected chi connectivity index (χ1v) is 13.5. The minimum Gasteiger partial charge on any atom is -0.351 e. The Morgan fingerprint density at radius 1 is 1.03 bits per heavy atom. The fourth-order valence-corrected chi connectivity index (χ4v) is 5.23. The highest BCUT2D eigenvalue weighted by molar-refractivity contribution is 7.17. The van der Waals surface area contributed by atoms with Gasteiger partial charge >= 0.3 is 6.03 Å². The van der Waals surface area contributed by atoms with E-state index in [1.165, 1.54) is 16.2 Å². The van der Waals surface area contributed by atoms with Gasteiger partial charge in [-0.15, -0.1) is 22.7 Å². The number of nitrogens with zero attached hydrogens (tertiary/aromatic N) is 4. The number of urea groups is 1. The molecule has 0 unspecified atom stereocenters. The van der Waals surface area contributed by atoms with Crippen LogP contribution >= 0.6 is 22.7 Å². The Kier molecular flexibility index (Phi) is 9.48. The van der Waals surface area contributed by atoms with Gasteiger partial charge in [0.05, 0.1) is 5.69 Å². The summed E-state index contributed by atoms with van der Waals surface area (Å²) in [4.78, 5) is 53.3. The Morgan fingerprint density at radius 2 is 1.81 bits per heavy atom. The van der Waals surface area contributed by atoms with Crippen molar-refractivity contribution in [1.29, 1.82) is 0 Å². The molecule has 0 atom stereocenters. The number of aromatic nitrogens is 3. The minimum absolute atomic E-state index is 0.0914. The molecule has 3 aromatic heterocycles. The van der Waals surface area contributed by atoms with E-state index in [0.717, 1.165) is 41.3 Å². The third-order valence-corrected chi connectivity index (χ3v) is 7.12. The summed E-state index contributed by atoms with van der Waals surface area (Å²) in [6.45, 7) is 6.87. The molecule has 0 saturated heterocycles. The number of unbranched alkanes of at least 4 members (excludes halogenated alkanes) is 1. The third kappa shape index (κ3) is 6.43. The number of hydrogen-bond acceptors (Lipinski definition) is 8. The number of rotatable bonds is 10. The standard InChI is InChI=1S/C24H31N7O3S2/c1-6-9-10-26-20(32)18-19(23(33)31(4)5)36-22(30-18)16-12-27-17(29-24(34)25-8-3)11-15(16)21-28-14(7-2)13-35-21/h11-13H,6-10H2,1-5H3,(H,26,32)(H2,25,27,29,34). The zero-order valence-electron chi connectivity index (χ0n) is 21.1. The Bertz CT molecular complexity index is 1240. The molecule has 0 bridgehead atoms. The SMILES string of the molecule is CCCCNC(=O)c1nc(-c2cnc(NC(=O)NCC)cc2-c2nc(CC)cs2)sc1C(=O)N(C)C. The lowest BCUT2D eigenvalue weighted by Gasteiger charge is -2.09. The molecule has 3 rings (SSSR count). The Balaban J connectivity index is 2.11. The van der Waals surface area contributed by atoms with E-state index in [4.69, 9.17) is 4.98 Å². The molecule has 10 nitrogen and oxygen atoms in total. The third-order valence-electron chi connectivity index (χ3n) is 5.12. The normalized spacial score (nSPS) is 10.7. The number of thiazole rings is 2. The van der Waals surface area contributed by atoms with Crippen LogP contribution in [-0.4, -0.2) is 64.9 Å². The number of carbonyl (C=O) groups excluding carboxylic acids is 3. The molecule has 0 radical (unpaired) electrons. The molecule has 36 heavy (non-hydrogen) atoms. The number of nitrogens with one attached hydrogen (secondary N) is 3. The molecule has 4 amide bonds. The van der Waals surface area contributed by atoms with Gasteiger partial charge in [0.25, 0.3) is 11.8 Å². The highest BCUT2D eigenvalue weighted by Gasteiger charge is 2.27. The lowest BCUT2D eigenvalue weighted by atomic mass is 10.1.